The molecule has 0 heterocycles. The SMILES string of the molecule is Nc1cc(Cl)ccc1C(=O)NCc1cc(F)ccc1Br. The number of nitrogen functional groups attached to an aromatic ring is 1. The Morgan fingerprint density at radius 3 is 2.75 bits per heavy atom. The summed E-state index contributed by atoms with van der Waals surface area (Å²) in [5.41, 5.74) is 7.01. The topological polar surface area (TPSA) is 55.1 Å². The average molecular weight is 358 g/mol. The van der Waals surface area contributed by atoms with E-state index in [9.17, 15) is 9.18 Å². The molecule has 3 N–H and O–H groups in total. The van der Waals surface area contributed by atoms with Crippen LogP contribution in [0.5, 0.6) is 0 Å². The molecule has 2 rings (SSSR count). The second kappa shape index (κ2) is 6.24. The minimum absolute atomic E-state index is 0.194. The van der Waals surface area contributed by atoms with Crippen molar-refractivity contribution in [3.8, 4) is 0 Å². The first kappa shape index (κ1) is 14.8. The lowest BCUT2D eigenvalue weighted by Crippen LogP contribution is -2.24. The molecule has 0 fully saturated rings. The number of nitrogens with two attached hydrogens (primary N) is 1. The number of carbonyl (C=O) groups is 1. The monoisotopic (exact) mass is 356 g/mol. The summed E-state index contributed by atoms with van der Waals surface area (Å²) in [5.74, 6) is -0.696. The maximum Gasteiger partial charge on any atom is 0.253 e. The molecule has 0 saturated heterocycles. The smallest absolute Gasteiger partial charge is 0.253 e. The Balaban J connectivity index is 2.10. The third-order valence-corrected chi connectivity index (χ3v) is 3.71. The van der Waals surface area contributed by atoms with Crippen LogP contribution in [-0.4, -0.2) is 5.91 Å². The molecule has 0 aliphatic carbocycles. The van der Waals surface area contributed by atoms with Crippen LogP contribution in [0.15, 0.2) is 40.9 Å². The van der Waals surface area contributed by atoms with Crippen molar-refractivity contribution in [2.24, 2.45) is 0 Å². The molecule has 1 amide bonds. The number of anilines is 1. The molecule has 6 heteroatoms. The molecule has 3 nitrogen and oxygen atoms in total. The van der Waals surface area contributed by atoms with Gasteiger partial charge in [0.1, 0.15) is 5.82 Å². The van der Waals surface area contributed by atoms with E-state index in [1.165, 1.54) is 18.2 Å². The van der Waals surface area contributed by atoms with Crippen LogP contribution in [0.1, 0.15) is 15.9 Å². The molecular formula is C14H11BrClFN2O. The summed E-state index contributed by atoms with van der Waals surface area (Å²) >= 11 is 9.07. The highest BCUT2D eigenvalue weighted by Crippen LogP contribution is 2.20. The lowest BCUT2D eigenvalue weighted by Gasteiger charge is -2.09. The Morgan fingerprint density at radius 2 is 2.05 bits per heavy atom. The molecule has 0 saturated carbocycles. The van der Waals surface area contributed by atoms with Crippen molar-refractivity contribution in [3.63, 3.8) is 0 Å². The normalized spacial score (nSPS) is 10.3. The average Bonchev–Trinajstić information content (AvgIpc) is 2.39. The van der Waals surface area contributed by atoms with Crippen LogP contribution in [0, 0.1) is 5.82 Å². The summed E-state index contributed by atoms with van der Waals surface area (Å²) in [6.45, 7) is 0.194. The zero-order valence-corrected chi connectivity index (χ0v) is 12.6. The van der Waals surface area contributed by atoms with Gasteiger partial charge in [-0.05, 0) is 42.0 Å². The van der Waals surface area contributed by atoms with Crippen molar-refractivity contribution in [1.29, 1.82) is 0 Å². The minimum Gasteiger partial charge on any atom is -0.398 e. The first-order valence-corrected chi connectivity index (χ1v) is 6.91. The maximum atomic E-state index is 13.1. The van der Waals surface area contributed by atoms with Crippen LogP contribution in [-0.2, 0) is 6.54 Å². The Labute approximate surface area is 129 Å². The Kier molecular flexibility index (Phi) is 4.62. The van der Waals surface area contributed by atoms with Gasteiger partial charge in [0.15, 0.2) is 0 Å². The first-order valence-electron chi connectivity index (χ1n) is 5.74. The number of hydrogen-bond acceptors (Lipinski definition) is 2. The summed E-state index contributed by atoms with van der Waals surface area (Å²) in [6.07, 6.45) is 0. The standard InChI is InChI=1S/C14H11BrClFN2O/c15-12-4-2-10(17)5-8(12)7-19-14(20)11-3-1-9(16)6-13(11)18/h1-6H,7,18H2,(H,19,20). The van der Waals surface area contributed by atoms with E-state index in [0.717, 1.165) is 4.47 Å². The highest BCUT2D eigenvalue weighted by molar-refractivity contribution is 9.10. The van der Waals surface area contributed by atoms with Crippen molar-refractivity contribution < 1.29 is 9.18 Å². The van der Waals surface area contributed by atoms with Gasteiger partial charge < -0.3 is 11.1 Å². The fourth-order valence-electron chi connectivity index (χ4n) is 1.69. The fraction of sp³-hybridized carbons (Fsp3) is 0.0714. The van der Waals surface area contributed by atoms with Gasteiger partial charge in [-0.1, -0.05) is 27.5 Å². The second-order valence-electron chi connectivity index (χ2n) is 4.15. The zero-order valence-electron chi connectivity index (χ0n) is 10.3. The van der Waals surface area contributed by atoms with E-state index < -0.39 is 0 Å². The molecule has 20 heavy (non-hydrogen) atoms. The van der Waals surface area contributed by atoms with E-state index in [4.69, 9.17) is 17.3 Å². The lowest BCUT2D eigenvalue weighted by molar-refractivity contribution is 0.0951. The minimum atomic E-state index is -0.358. The Morgan fingerprint density at radius 1 is 1.30 bits per heavy atom. The van der Waals surface area contributed by atoms with Crippen molar-refractivity contribution in [2.75, 3.05) is 5.73 Å². The number of carbonyl (C=O) groups excluding carboxylic acids is 1. The molecule has 0 radical (unpaired) electrons. The summed E-state index contributed by atoms with van der Waals surface area (Å²) in [7, 11) is 0. The van der Waals surface area contributed by atoms with Crippen LogP contribution in [0.2, 0.25) is 5.02 Å². The van der Waals surface area contributed by atoms with Crippen LogP contribution in [0.3, 0.4) is 0 Å². The molecule has 0 aliphatic rings. The van der Waals surface area contributed by atoms with Gasteiger partial charge in [0.25, 0.3) is 5.91 Å². The van der Waals surface area contributed by atoms with Crippen LogP contribution in [0.4, 0.5) is 10.1 Å². The highest BCUT2D eigenvalue weighted by atomic mass is 79.9. The molecule has 0 bridgehead atoms. The summed E-state index contributed by atoms with van der Waals surface area (Å²) in [5, 5.41) is 3.15. The van der Waals surface area contributed by atoms with Crippen molar-refractivity contribution in [2.45, 2.75) is 6.54 Å². The number of nitrogens with one attached hydrogen (secondary N) is 1. The van der Waals surface area contributed by atoms with Gasteiger partial charge in [-0.3, -0.25) is 4.79 Å². The predicted molar refractivity (Wildman–Crippen MR) is 81.1 cm³/mol. The molecule has 0 aromatic heterocycles. The quantitative estimate of drug-likeness (QED) is 0.822. The van der Waals surface area contributed by atoms with Crippen LogP contribution < -0.4 is 11.1 Å². The van der Waals surface area contributed by atoms with E-state index in [1.807, 2.05) is 0 Å². The predicted octanol–water partition coefficient (Wildman–Crippen LogP) is 3.75. The molecule has 0 unspecified atom stereocenters. The number of halogens is 3. The van der Waals surface area contributed by atoms with Crippen LogP contribution >= 0.6 is 27.5 Å². The lowest BCUT2D eigenvalue weighted by atomic mass is 10.1. The first-order chi connectivity index (χ1) is 9.47. The largest absolute Gasteiger partial charge is 0.398 e. The van der Waals surface area contributed by atoms with Gasteiger partial charge in [-0.25, -0.2) is 4.39 Å². The fourth-order valence-corrected chi connectivity index (χ4v) is 2.26. The molecular weight excluding hydrogens is 347 g/mol. The molecule has 0 aliphatic heterocycles. The van der Waals surface area contributed by atoms with Crippen molar-refractivity contribution in [3.05, 3.63) is 62.8 Å². The second-order valence-corrected chi connectivity index (χ2v) is 5.44. The van der Waals surface area contributed by atoms with E-state index >= 15 is 0 Å². The number of amides is 1. The van der Waals surface area contributed by atoms with E-state index in [2.05, 4.69) is 21.2 Å². The summed E-state index contributed by atoms with van der Waals surface area (Å²) in [4.78, 5) is 12.0. The van der Waals surface area contributed by atoms with E-state index in [0.29, 0.717) is 21.8 Å². The maximum absolute atomic E-state index is 13.1. The number of benzene rings is 2. The molecule has 104 valence electrons. The van der Waals surface area contributed by atoms with Gasteiger partial charge >= 0.3 is 0 Å². The summed E-state index contributed by atoms with van der Waals surface area (Å²) in [6, 6.07) is 8.93. The van der Waals surface area contributed by atoms with Crippen LogP contribution in [0.25, 0.3) is 0 Å². The van der Waals surface area contributed by atoms with Gasteiger partial charge in [0.2, 0.25) is 0 Å². The molecule has 0 spiro atoms. The van der Waals surface area contributed by atoms with Crippen molar-refractivity contribution >= 4 is 39.1 Å². The van der Waals surface area contributed by atoms with E-state index in [-0.39, 0.29) is 18.3 Å². The van der Waals surface area contributed by atoms with Crippen molar-refractivity contribution in [1.82, 2.24) is 5.32 Å². The van der Waals surface area contributed by atoms with Gasteiger partial charge in [-0.2, -0.15) is 0 Å². The third kappa shape index (κ3) is 3.49. The summed E-state index contributed by atoms with van der Waals surface area (Å²) < 4.78 is 13.9. The van der Waals surface area contributed by atoms with E-state index in [1.54, 1.807) is 18.2 Å². The van der Waals surface area contributed by atoms with Gasteiger partial charge in [0.05, 0.1) is 5.56 Å². The zero-order chi connectivity index (χ0) is 14.7. The number of hydrogen-bond donors (Lipinski definition) is 2. The number of rotatable bonds is 3. The Bertz CT molecular complexity index is 664. The van der Waals surface area contributed by atoms with Gasteiger partial charge in [-0.15, -0.1) is 0 Å². The third-order valence-electron chi connectivity index (χ3n) is 2.71. The molecule has 2 aromatic rings. The molecule has 0 atom stereocenters. The highest BCUT2D eigenvalue weighted by Gasteiger charge is 2.10. The molecule has 2 aromatic carbocycles. The Hall–Kier alpha value is -1.59. The van der Waals surface area contributed by atoms with Gasteiger partial charge in [0, 0.05) is 21.7 Å².